The minimum absolute atomic E-state index is 0.0479. The predicted octanol–water partition coefficient (Wildman–Crippen LogP) is 3.91. The second-order valence-electron chi connectivity index (χ2n) is 8.46. The van der Waals surface area contributed by atoms with Crippen LogP contribution in [0.1, 0.15) is 57.4 Å². The molecule has 2 unspecified atom stereocenters. The maximum absolute atomic E-state index is 12.6. The van der Waals surface area contributed by atoms with Gasteiger partial charge >= 0.3 is 0 Å². The van der Waals surface area contributed by atoms with Gasteiger partial charge in [-0.05, 0) is 79.9 Å². The molecule has 0 aliphatic heterocycles. The van der Waals surface area contributed by atoms with Crippen molar-refractivity contribution in [2.24, 2.45) is 17.3 Å². The van der Waals surface area contributed by atoms with Gasteiger partial charge in [0.1, 0.15) is 0 Å². The standard InChI is InChI=1S/C20H27NO2/c1-2-14-3-5-17(6-4-14)21-18(22)12-19-8-15-7-16(9-19)11-20(23,10-15)13-19/h3-6,15-16,23H,2,7-13H2,1H3,(H,21,22)/t15-,16+,19?,20?. The maximum atomic E-state index is 12.6. The molecule has 2 N–H and O–H groups in total. The van der Waals surface area contributed by atoms with Gasteiger partial charge < -0.3 is 10.4 Å². The molecule has 0 heterocycles. The van der Waals surface area contributed by atoms with Crippen LogP contribution in [-0.4, -0.2) is 16.6 Å². The minimum atomic E-state index is -0.479. The van der Waals surface area contributed by atoms with Crippen LogP contribution in [0.4, 0.5) is 5.69 Å². The zero-order valence-corrected chi connectivity index (χ0v) is 14.0. The summed E-state index contributed by atoms with van der Waals surface area (Å²) < 4.78 is 0. The van der Waals surface area contributed by atoms with E-state index >= 15 is 0 Å². The SMILES string of the molecule is CCc1ccc(NC(=O)CC23C[C@@H]4C[C@@H](CC(O)(C4)C2)C3)cc1. The van der Waals surface area contributed by atoms with E-state index in [0.29, 0.717) is 18.3 Å². The number of nitrogens with one attached hydrogen (secondary N) is 1. The van der Waals surface area contributed by atoms with Gasteiger partial charge in [-0.1, -0.05) is 19.1 Å². The first-order chi connectivity index (χ1) is 11.0. The lowest BCUT2D eigenvalue weighted by molar-refractivity contribution is -0.167. The Hall–Kier alpha value is -1.35. The van der Waals surface area contributed by atoms with Gasteiger partial charge in [0.05, 0.1) is 5.60 Å². The van der Waals surface area contributed by atoms with E-state index in [9.17, 15) is 9.90 Å². The van der Waals surface area contributed by atoms with Crippen molar-refractivity contribution in [1.82, 2.24) is 0 Å². The van der Waals surface area contributed by atoms with E-state index in [0.717, 1.165) is 44.2 Å². The second-order valence-corrected chi connectivity index (χ2v) is 8.46. The molecule has 5 rings (SSSR count). The molecule has 3 nitrogen and oxygen atoms in total. The third-order valence-electron chi connectivity index (χ3n) is 6.33. The van der Waals surface area contributed by atoms with Gasteiger partial charge in [0.2, 0.25) is 5.91 Å². The molecule has 23 heavy (non-hydrogen) atoms. The van der Waals surface area contributed by atoms with E-state index in [1.54, 1.807) is 0 Å². The Labute approximate surface area is 138 Å². The van der Waals surface area contributed by atoms with Gasteiger partial charge in [-0.25, -0.2) is 0 Å². The number of hydrogen-bond donors (Lipinski definition) is 2. The quantitative estimate of drug-likeness (QED) is 0.885. The molecule has 124 valence electrons. The molecular formula is C20H27NO2. The van der Waals surface area contributed by atoms with E-state index < -0.39 is 5.60 Å². The van der Waals surface area contributed by atoms with Gasteiger partial charge in [-0.3, -0.25) is 4.79 Å². The molecule has 3 heteroatoms. The van der Waals surface area contributed by atoms with Crippen molar-refractivity contribution in [3.05, 3.63) is 29.8 Å². The average Bonchev–Trinajstić information content (AvgIpc) is 2.44. The van der Waals surface area contributed by atoms with Crippen molar-refractivity contribution in [1.29, 1.82) is 0 Å². The van der Waals surface area contributed by atoms with Crippen LogP contribution >= 0.6 is 0 Å². The number of aliphatic hydroxyl groups is 1. The highest BCUT2D eigenvalue weighted by Gasteiger charge is 2.57. The number of carbonyl (C=O) groups excluding carboxylic acids is 1. The lowest BCUT2D eigenvalue weighted by Gasteiger charge is -2.60. The number of anilines is 1. The highest BCUT2D eigenvalue weighted by molar-refractivity contribution is 5.91. The van der Waals surface area contributed by atoms with E-state index in [-0.39, 0.29) is 11.3 Å². The van der Waals surface area contributed by atoms with Crippen molar-refractivity contribution >= 4 is 11.6 Å². The molecule has 1 amide bonds. The number of rotatable bonds is 4. The number of benzene rings is 1. The van der Waals surface area contributed by atoms with Crippen molar-refractivity contribution in [2.75, 3.05) is 5.32 Å². The highest BCUT2D eigenvalue weighted by Crippen LogP contribution is 2.62. The molecule has 0 aromatic heterocycles. The Bertz CT molecular complexity index is 593. The first-order valence-electron chi connectivity index (χ1n) is 9.09. The summed E-state index contributed by atoms with van der Waals surface area (Å²) in [4.78, 5) is 12.6. The summed E-state index contributed by atoms with van der Waals surface area (Å²) in [7, 11) is 0. The molecule has 4 bridgehead atoms. The van der Waals surface area contributed by atoms with Crippen molar-refractivity contribution < 1.29 is 9.90 Å². The molecule has 1 aromatic rings. The van der Waals surface area contributed by atoms with Gasteiger partial charge in [0, 0.05) is 12.1 Å². The van der Waals surface area contributed by atoms with Crippen LogP contribution in [0.3, 0.4) is 0 Å². The molecule has 0 spiro atoms. The fourth-order valence-electron chi connectivity index (χ4n) is 5.98. The number of aryl methyl sites for hydroxylation is 1. The van der Waals surface area contributed by atoms with Crippen LogP contribution in [0.5, 0.6) is 0 Å². The van der Waals surface area contributed by atoms with Crippen molar-refractivity contribution in [3.8, 4) is 0 Å². The third kappa shape index (κ3) is 2.91. The topological polar surface area (TPSA) is 49.3 Å². The van der Waals surface area contributed by atoms with E-state index in [1.807, 2.05) is 12.1 Å². The average molecular weight is 313 g/mol. The van der Waals surface area contributed by atoms with Gasteiger partial charge in [0.15, 0.2) is 0 Å². The fourth-order valence-corrected chi connectivity index (χ4v) is 5.98. The smallest absolute Gasteiger partial charge is 0.224 e. The molecule has 4 aliphatic carbocycles. The molecule has 4 saturated carbocycles. The van der Waals surface area contributed by atoms with E-state index in [4.69, 9.17) is 0 Å². The Morgan fingerprint density at radius 3 is 2.39 bits per heavy atom. The normalized spacial score (nSPS) is 37.8. The molecule has 4 fully saturated rings. The summed E-state index contributed by atoms with van der Waals surface area (Å²) in [5, 5.41) is 13.9. The largest absolute Gasteiger partial charge is 0.390 e. The Morgan fingerprint density at radius 1 is 1.17 bits per heavy atom. The summed E-state index contributed by atoms with van der Waals surface area (Å²) in [6, 6.07) is 8.13. The van der Waals surface area contributed by atoms with Crippen LogP contribution in [0.25, 0.3) is 0 Å². The van der Waals surface area contributed by atoms with Crippen LogP contribution < -0.4 is 5.32 Å². The van der Waals surface area contributed by atoms with Crippen molar-refractivity contribution in [3.63, 3.8) is 0 Å². The Kier molecular flexibility index (Phi) is 3.53. The fraction of sp³-hybridized carbons (Fsp3) is 0.650. The summed E-state index contributed by atoms with van der Waals surface area (Å²) >= 11 is 0. The summed E-state index contributed by atoms with van der Waals surface area (Å²) in [6.07, 6.45) is 7.87. The molecule has 0 saturated heterocycles. The summed E-state index contributed by atoms with van der Waals surface area (Å²) in [5.41, 5.74) is 1.74. The van der Waals surface area contributed by atoms with E-state index in [1.165, 1.54) is 12.0 Å². The first-order valence-corrected chi connectivity index (χ1v) is 9.09. The predicted molar refractivity (Wildman–Crippen MR) is 91.1 cm³/mol. The lowest BCUT2D eigenvalue weighted by Crippen LogP contribution is -2.56. The summed E-state index contributed by atoms with van der Waals surface area (Å²) in [6.45, 7) is 2.13. The van der Waals surface area contributed by atoms with Crippen LogP contribution in [0, 0.1) is 17.3 Å². The van der Waals surface area contributed by atoms with Gasteiger partial charge in [-0.15, -0.1) is 0 Å². The second kappa shape index (κ2) is 5.34. The van der Waals surface area contributed by atoms with Crippen LogP contribution in [0.2, 0.25) is 0 Å². The van der Waals surface area contributed by atoms with E-state index in [2.05, 4.69) is 24.4 Å². The van der Waals surface area contributed by atoms with Crippen LogP contribution in [0.15, 0.2) is 24.3 Å². The van der Waals surface area contributed by atoms with Gasteiger partial charge in [-0.2, -0.15) is 0 Å². The Morgan fingerprint density at radius 2 is 1.83 bits per heavy atom. The summed E-state index contributed by atoms with van der Waals surface area (Å²) in [5.74, 6) is 1.38. The zero-order chi connectivity index (χ0) is 16.1. The maximum Gasteiger partial charge on any atom is 0.224 e. The van der Waals surface area contributed by atoms with Gasteiger partial charge in [0.25, 0.3) is 0 Å². The lowest BCUT2D eigenvalue weighted by atomic mass is 9.47. The monoisotopic (exact) mass is 313 g/mol. The third-order valence-corrected chi connectivity index (χ3v) is 6.33. The molecule has 4 atom stereocenters. The number of amides is 1. The number of carbonyl (C=O) groups is 1. The zero-order valence-electron chi connectivity index (χ0n) is 14.0. The van der Waals surface area contributed by atoms with Crippen LogP contribution in [-0.2, 0) is 11.2 Å². The Balaban J connectivity index is 1.44. The molecular weight excluding hydrogens is 286 g/mol. The molecule has 0 radical (unpaired) electrons. The minimum Gasteiger partial charge on any atom is -0.390 e. The molecule has 1 aromatic carbocycles. The first kappa shape index (κ1) is 15.2. The van der Waals surface area contributed by atoms with Crippen molar-refractivity contribution in [2.45, 2.75) is 63.9 Å². The number of hydrogen-bond acceptors (Lipinski definition) is 2. The highest BCUT2D eigenvalue weighted by atomic mass is 16.3. The molecule has 4 aliphatic rings.